The van der Waals surface area contributed by atoms with Gasteiger partial charge in [-0.25, -0.2) is 0 Å². The number of aryl methyl sites for hydroxylation is 1. The van der Waals surface area contributed by atoms with Gasteiger partial charge in [-0.15, -0.1) is 0 Å². The number of aromatic nitrogens is 4. The summed E-state index contributed by atoms with van der Waals surface area (Å²) < 4.78 is 3.61. The van der Waals surface area contributed by atoms with Crippen LogP contribution < -0.4 is 0 Å². The Morgan fingerprint density at radius 1 is 1.41 bits per heavy atom. The lowest BCUT2D eigenvalue weighted by atomic mass is 10.2. The highest BCUT2D eigenvalue weighted by Gasteiger charge is 2.13. The Morgan fingerprint density at radius 3 is 2.71 bits per heavy atom. The average Bonchev–Trinajstić information content (AvgIpc) is 2.94. The van der Waals surface area contributed by atoms with E-state index in [1.807, 2.05) is 31.6 Å². The summed E-state index contributed by atoms with van der Waals surface area (Å²) >= 11 is 0. The van der Waals surface area contributed by atoms with Gasteiger partial charge in [0.05, 0.1) is 11.8 Å². The summed E-state index contributed by atoms with van der Waals surface area (Å²) in [5.74, 6) is 0. The van der Waals surface area contributed by atoms with E-state index >= 15 is 0 Å². The number of hydrogen-bond acceptors (Lipinski definition) is 3. The molecule has 0 aliphatic rings. The van der Waals surface area contributed by atoms with Crippen LogP contribution in [-0.2, 0) is 6.54 Å². The van der Waals surface area contributed by atoms with Crippen molar-refractivity contribution in [2.24, 2.45) is 0 Å². The first-order chi connectivity index (χ1) is 8.15. The Kier molecular flexibility index (Phi) is 3.08. The van der Waals surface area contributed by atoms with Crippen LogP contribution in [0.2, 0.25) is 0 Å². The van der Waals surface area contributed by atoms with Gasteiger partial charge in [-0.3, -0.25) is 14.2 Å². The molecule has 0 aliphatic carbocycles. The van der Waals surface area contributed by atoms with Crippen LogP contribution in [0, 0.1) is 0 Å². The molecule has 0 amide bonds. The SMILES string of the molecule is CCn1cc(-c2nn(C(C)C)cc2C=O)cn1. The number of carbonyl (C=O) groups is 1. The van der Waals surface area contributed by atoms with E-state index in [1.54, 1.807) is 17.1 Å². The van der Waals surface area contributed by atoms with Crippen LogP contribution >= 0.6 is 0 Å². The molecule has 2 heterocycles. The van der Waals surface area contributed by atoms with E-state index in [-0.39, 0.29) is 6.04 Å². The maximum absolute atomic E-state index is 11.0. The Hall–Kier alpha value is -1.91. The van der Waals surface area contributed by atoms with E-state index in [4.69, 9.17) is 0 Å². The predicted octanol–water partition coefficient (Wildman–Crippen LogP) is 2.16. The lowest BCUT2D eigenvalue weighted by Gasteiger charge is -2.02. The van der Waals surface area contributed by atoms with Gasteiger partial charge in [-0.1, -0.05) is 0 Å². The molecule has 2 rings (SSSR count). The Balaban J connectivity index is 2.46. The quantitative estimate of drug-likeness (QED) is 0.759. The molecular weight excluding hydrogens is 216 g/mol. The van der Waals surface area contributed by atoms with Crippen molar-refractivity contribution in [1.29, 1.82) is 0 Å². The second-order valence-corrected chi connectivity index (χ2v) is 4.21. The predicted molar refractivity (Wildman–Crippen MR) is 64.9 cm³/mol. The summed E-state index contributed by atoms with van der Waals surface area (Å²) in [6, 6.07) is 0.240. The fourth-order valence-corrected chi connectivity index (χ4v) is 1.64. The van der Waals surface area contributed by atoms with E-state index in [9.17, 15) is 4.79 Å². The molecule has 0 unspecified atom stereocenters. The van der Waals surface area contributed by atoms with E-state index < -0.39 is 0 Å². The fraction of sp³-hybridized carbons (Fsp3) is 0.417. The Labute approximate surface area is 100 Å². The molecule has 5 heteroatoms. The summed E-state index contributed by atoms with van der Waals surface area (Å²) in [7, 11) is 0. The number of rotatable bonds is 4. The number of nitrogens with zero attached hydrogens (tertiary/aromatic N) is 4. The van der Waals surface area contributed by atoms with Crippen molar-refractivity contribution >= 4 is 6.29 Å². The normalized spacial score (nSPS) is 11.1. The van der Waals surface area contributed by atoms with Crippen molar-refractivity contribution in [3.63, 3.8) is 0 Å². The molecule has 0 aromatic carbocycles. The summed E-state index contributed by atoms with van der Waals surface area (Å²) in [6.07, 6.45) is 6.25. The molecule has 2 aromatic rings. The number of aldehydes is 1. The van der Waals surface area contributed by atoms with Crippen molar-refractivity contribution in [3.8, 4) is 11.3 Å². The molecule has 0 N–H and O–H groups in total. The second kappa shape index (κ2) is 4.53. The minimum absolute atomic E-state index is 0.240. The minimum Gasteiger partial charge on any atom is -0.298 e. The number of carbonyl (C=O) groups excluding carboxylic acids is 1. The van der Waals surface area contributed by atoms with Crippen LogP contribution in [-0.4, -0.2) is 25.8 Å². The topological polar surface area (TPSA) is 52.7 Å². The summed E-state index contributed by atoms with van der Waals surface area (Å²) in [6.45, 7) is 6.88. The number of hydrogen-bond donors (Lipinski definition) is 0. The molecule has 17 heavy (non-hydrogen) atoms. The van der Waals surface area contributed by atoms with Crippen LogP contribution in [0.5, 0.6) is 0 Å². The zero-order valence-electron chi connectivity index (χ0n) is 10.3. The molecule has 0 radical (unpaired) electrons. The van der Waals surface area contributed by atoms with E-state index in [2.05, 4.69) is 10.2 Å². The van der Waals surface area contributed by atoms with Crippen LogP contribution in [0.25, 0.3) is 11.3 Å². The van der Waals surface area contributed by atoms with Crippen LogP contribution in [0.3, 0.4) is 0 Å². The summed E-state index contributed by atoms with van der Waals surface area (Å²) in [5.41, 5.74) is 2.19. The first-order valence-electron chi connectivity index (χ1n) is 5.72. The lowest BCUT2D eigenvalue weighted by Crippen LogP contribution is -2.00. The van der Waals surface area contributed by atoms with Gasteiger partial charge in [0.15, 0.2) is 6.29 Å². The molecule has 0 atom stereocenters. The smallest absolute Gasteiger partial charge is 0.153 e. The standard InChI is InChI=1S/C12H16N4O/c1-4-15-6-10(5-13-15)12-11(8-17)7-16(14-12)9(2)3/h5-9H,4H2,1-3H3. The van der Waals surface area contributed by atoms with Crippen LogP contribution in [0.4, 0.5) is 0 Å². The lowest BCUT2D eigenvalue weighted by molar-refractivity contribution is 0.112. The molecule has 90 valence electrons. The van der Waals surface area contributed by atoms with E-state index in [0.717, 1.165) is 18.4 Å². The zero-order chi connectivity index (χ0) is 12.4. The van der Waals surface area contributed by atoms with Gasteiger partial charge in [-0.2, -0.15) is 10.2 Å². The maximum atomic E-state index is 11.0. The summed E-state index contributed by atoms with van der Waals surface area (Å²) in [5, 5.41) is 8.62. The summed E-state index contributed by atoms with van der Waals surface area (Å²) in [4.78, 5) is 11.0. The monoisotopic (exact) mass is 232 g/mol. The van der Waals surface area contributed by atoms with Crippen molar-refractivity contribution in [1.82, 2.24) is 19.6 Å². The van der Waals surface area contributed by atoms with Crippen molar-refractivity contribution in [2.45, 2.75) is 33.4 Å². The molecule has 0 saturated heterocycles. The molecule has 0 fully saturated rings. The van der Waals surface area contributed by atoms with Crippen molar-refractivity contribution < 1.29 is 4.79 Å². The third kappa shape index (κ3) is 2.13. The Bertz CT molecular complexity index is 524. The fourth-order valence-electron chi connectivity index (χ4n) is 1.64. The van der Waals surface area contributed by atoms with E-state index in [0.29, 0.717) is 11.3 Å². The van der Waals surface area contributed by atoms with Gasteiger partial charge < -0.3 is 0 Å². The van der Waals surface area contributed by atoms with Crippen LogP contribution in [0.1, 0.15) is 37.2 Å². The zero-order valence-corrected chi connectivity index (χ0v) is 10.3. The largest absolute Gasteiger partial charge is 0.298 e. The highest BCUT2D eigenvalue weighted by Crippen LogP contribution is 2.21. The van der Waals surface area contributed by atoms with E-state index in [1.165, 1.54) is 0 Å². The maximum Gasteiger partial charge on any atom is 0.153 e. The minimum atomic E-state index is 0.240. The first-order valence-corrected chi connectivity index (χ1v) is 5.72. The molecule has 2 aromatic heterocycles. The second-order valence-electron chi connectivity index (χ2n) is 4.21. The van der Waals surface area contributed by atoms with Gasteiger partial charge in [0.1, 0.15) is 5.69 Å². The third-order valence-electron chi connectivity index (χ3n) is 2.65. The van der Waals surface area contributed by atoms with Crippen LogP contribution in [0.15, 0.2) is 18.6 Å². The van der Waals surface area contributed by atoms with Gasteiger partial charge in [-0.05, 0) is 20.8 Å². The van der Waals surface area contributed by atoms with Gasteiger partial charge in [0.25, 0.3) is 0 Å². The van der Waals surface area contributed by atoms with Gasteiger partial charge >= 0.3 is 0 Å². The first kappa shape index (κ1) is 11.6. The molecular formula is C12H16N4O. The molecule has 5 nitrogen and oxygen atoms in total. The Morgan fingerprint density at radius 2 is 2.18 bits per heavy atom. The third-order valence-corrected chi connectivity index (χ3v) is 2.65. The highest BCUT2D eigenvalue weighted by atomic mass is 16.1. The average molecular weight is 232 g/mol. The molecule has 0 bridgehead atoms. The van der Waals surface area contributed by atoms with Crippen molar-refractivity contribution in [2.75, 3.05) is 0 Å². The van der Waals surface area contributed by atoms with Crippen molar-refractivity contribution in [3.05, 3.63) is 24.2 Å². The molecule has 0 aliphatic heterocycles. The van der Waals surface area contributed by atoms with Gasteiger partial charge in [0, 0.05) is 30.5 Å². The highest BCUT2D eigenvalue weighted by molar-refractivity contribution is 5.85. The van der Waals surface area contributed by atoms with Gasteiger partial charge in [0.2, 0.25) is 0 Å². The molecule has 0 spiro atoms. The molecule has 0 saturated carbocycles.